The Morgan fingerprint density at radius 2 is 2.12 bits per heavy atom. The van der Waals surface area contributed by atoms with Crippen LogP contribution in [0.4, 0.5) is 0 Å². The summed E-state index contributed by atoms with van der Waals surface area (Å²) in [6, 6.07) is 0. The molecule has 0 fully saturated rings. The van der Waals surface area contributed by atoms with Crippen LogP contribution in [-0.4, -0.2) is 6.26 Å². The molecular weight excluding hydrogens is 212 g/mol. The number of hydrogen-bond acceptors (Lipinski definition) is 1. The highest BCUT2D eigenvalue weighted by atomic mass is 32.2. The van der Waals surface area contributed by atoms with Crippen LogP contribution in [0.25, 0.3) is 0 Å². The standard InChI is InChI=1S/C15H24S/c1-5-9-14(16-4)13-10-7-6-8-11-15(2,3)12-13/h5,9,12H,1,6-8,10-11H2,2-4H3/b13-12?,14-9-. The zero-order chi connectivity index (χ0) is 12.0. The van der Waals surface area contributed by atoms with Crippen LogP contribution < -0.4 is 0 Å². The van der Waals surface area contributed by atoms with Crippen LogP contribution in [-0.2, 0) is 0 Å². The van der Waals surface area contributed by atoms with Gasteiger partial charge in [-0.15, -0.1) is 11.8 Å². The molecule has 0 saturated heterocycles. The van der Waals surface area contributed by atoms with E-state index in [0.717, 1.165) is 0 Å². The predicted octanol–water partition coefficient (Wildman–Crippen LogP) is 5.34. The van der Waals surface area contributed by atoms with E-state index in [4.69, 9.17) is 0 Å². The molecule has 1 rings (SSSR count). The minimum absolute atomic E-state index is 0.353. The lowest BCUT2D eigenvalue weighted by Crippen LogP contribution is -2.11. The molecule has 0 aliphatic heterocycles. The van der Waals surface area contributed by atoms with E-state index in [9.17, 15) is 0 Å². The Kier molecular flexibility index (Phi) is 5.40. The van der Waals surface area contributed by atoms with Crippen molar-refractivity contribution in [3.8, 4) is 0 Å². The van der Waals surface area contributed by atoms with E-state index in [-0.39, 0.29) is 0 Å². The molecule has 0 unspecified atom stereocenters. The molecule has 0 spiro atoms. The van der Waals surface area contributed by atoms with E-state index in [0.29, 0.717) is 5.41 Å². The van der Waals surface area contributed by atoms with E-state index in [1.807, 2.05) is 17.8 Å². The largest absolute Gasteiger partial charge is 0.129 e. The highest BCUT2D eigenvalue weighted by molar-refractivity contribution is 8.02. The summed E-state index contributed by atoms with van der Waals surface area (Å²) < 4.78 is 0. The highest BCUT2D eigenvalue weighted by Gasteiger charge is 2.18. The number of thioether (sulfide) groups is 1. The molecular formula is C15H24S. The first-order chi connectivity index (χ1) is 7.59. The van der Waals surface area contributed by atoms with Crippen LogP contribution in [0.1, 0.15) is 46.0 Å². The summed E-state index contributed by atoms with van der Waals surface area (Å²) in [6.45, 7) is 8.51. The van der Waals surface area contributed by atoms with Gasteiger partial charge in [-0.3, -0.25) is 0 Å². The van der Waals surface area contributed by atoms with Crippen molar-refractivity contribution in [1.82, 2.24) is 0 Å². The van der Waals surface area contributed by atoms with E-state index in [1.54, 1.807) is 0 Å². The van der Waals surface area contributed by atoms with Crippen molar-refractivity contribution in [2.24, 2.45) is 5.41 Å². The number of allylic oxidation sites excluding steroid dienone is 4. The molecule has 1 aliphatic carbocycles. The maximum atomic E-state index is 3.80. The summed E-state index contributed by atoms with van der Waals surface area (Å²) >= 11 is 1.84. The molecule has 0 aromatic carbocycles. The average Bonchev–Trinajstić information content (AvgIpc) is 2.21. The second-order valence-corrected chi connectivity index (χ2v) is 6.04. The average molecular weight is 236 g/mol. The Bertz CT molecular complexity index is 295. The molecule has 0 radical (unpaired) electrons. The third-order valence-electron chi connectivity index (χ3n) is 3.14. The summed E-state index contributed by atoms with van der Waals surface area (Å²) in [5.74, 6) is 0. The zero-order valence-corrected chi connectivity index (χ0v) is 11.7. The molecule has 0 nitrogen and oxygen atoms in total. The molecule has 90 valence electrons. The van der Waals surface area contributed by atoms with Gasteiger partial charge >= 0.3 is 0 Å². The van der Waals surface area contributed by atoms with Gasteiger partial charge in [-0.25, -0.2) is 0 Å². The van der Waals surface area contributed by atoms with Crippen molar-refractivity contribution in [3.05, 3.63) is 35.3 Å². The summed E-state index contributed by atoms with van der Waals surface area (Å²) in [5, 5.41) is 0. The van der Waals surface area contributed by atoms with E-state index >= 15 is 0 Å². The minimum Gasteiger partial charge on any atom is -0.129 e. The monoisotopic (exact) mass is 236 g/mol. The van der Waals surface area contributed by atoms with Gasteiger partial charge in [0.2, 0.25) is 0 Å². The maximum Gasteiger partial charge on any atom is 0.00979 e. The first-order valence-electron chi connectivity index (χ1n) is 6.18. The van der Waals surface area contributed by atoms with Gasteiger partial charge in [0.15, 0.2) is 0 Å². The lowest BCUT2D eigenvalue weighted by molar-refractivity contribution is 0.399. The van der Waals surface area contributed by atoms with Crippen LogP contribution in [0.5, 0.6) is 0 Å². The Morgan fingerprint density at radius 1 is 1.38 bits per heavy atom. The number of hydrogen-bond donors (Lipinski definition) is 0. The third kappa shape index (κ3) is 4.21. The zero-order valence-electron chi connectivity index (χ0n) is 10.9. The molecule has 0 aromatic heterocycles. The number of rotatable bonds is 3. The second-order valence-electron chi connectivity index (χ2n) is 5.19. The molecule has 0 N–H and O–H groups in total. The van der Waals surface area contributed by atoms with Crippen LogP contribution in [0.2, 0.25) is 0 Å². The summed E-state index contributed by atoms with van der Waals surface area (Å²) in [6.07, 6.45) is 15.3. The second kappa shape index (κ2) is 6.34. The van der Waals surface area contributed by atoms with Gasteiger partial charge in [0, 0.05) is 4.91 Å². The molecule has 0 heterocycles. The van der Waals surface area contributed by atoms with E-state index in [1.165, 1.54) is 42.6 Å². The molecule has 1 heteroatoms. The maximum absolute atomic E-state index is 3.80. The van der Waals surface area contributed by atoms with Gasteiger partial charge in [-0.2, -0.15) is 0 Å². The molecule has 0 aromatic rings. The quantitative estimate of drug-likeness (QED) is 0.596. The van der Waals surface area contributed by atoms with Crippen molar-refractivity contribution in [2.45, 2.75) is 46.0 Å². The molecule has 0 bridgehead atoms. The van der Waals surface area contributed by atoms with Crippen molar-refractivity contribution < 1.29 is 0 Å². The summed E-state index contributed by atoms with van der Waals surface area (Å²) in [5.41, 5.74) is 1.88. The highest BCUT2D eigenvalue weighted by Crippen LogP contribution is 2.35. The molecule has 0 saturated carbocycles. The smallest absolute Gasteiger partial charge is 0.00979 e. The Labute approximate surface area is 105 Å². The van der Waals surface area contributed by atoms with Gasteiger partial charge < -0.3 is 0 Å². The summed E-state index contributed by atoms with van der Waals surface area (Å²) in [4.78, 5) is 1.39. The molecule has 0 amide bonds. The van der Waals surface area contributed by atoms with Crippen LogP contribution >= 0.6 is 11.8 Å². The van der Waals surface area contributed by atoms with Crippen LogP contribution in [0.15, 0.2) is 35.3 Å². The fourth-order valence-electron chi connectivity index (χ4n) is 2.30. The minimum atomic E-state index is 0.353. The van der Waals surface area contributed by atoms with Crippen LogP contribution in [0.3, 0.4) is 0 Å². The lowest BCUT2D eigenvalue weighted by Gasteiger charge is -2.25. The predicted molar refractivity (Wildman–Crippen MR) is 76.7 cm³/mol. The first-order valence-corrected chi connectivity index (χ1v) is 7.40. The molecule has 16 heavy (non-hydrogen) atoms. The van der Waals surface area contributed by atoms with Gasteiger partial charge in [0.1, 0.15) is 0 Å². The third-order valence-corrected chi connectivity index (χ3v) is 3.98. The summed E-state index contributed by atoms with van der Waals surface area (Å²) in [7, 11) is 0. The van der Waals surface area contributed by atoms with Gasteiger partial charge in [0.05, 0.1) is 0 Å². The molecule has 0 atom stereocenters. The van der Waals surface area contributed by atoms with Crippen molar-refractivity contribution in [3.63, 3.8) is 0 Å². The van der Waals surface area contributed by atoms with Gasteiger partial charge in [-0.05, 0) is 42.6 Å². The van der Waals surface area contributed by atoms with E-state index < -0.39 is 0 Å². The fourth-order valence-corrected chi connectivity index (χ4v) is 2.95. The Hall–Kier alpha value is -0.430. The molecule has 1 aliphatic rings. The lowest BCUT2D eigenvalue weighted by atomic mass is 9.82. The Morgan fingerprint density at radius 3 is 2.75 bits per heavy atom. The first kappa shape index (κ1) is 13.6. The van der Waals surface area contributed by atoms with Crippen LogP contribution in [0, 0.1) is 5.41 Å². The topological polar surface area (TPSA) is 0 Å². The van der Waals surface area contributed by atoms with Crippen molar-refractivity contribution >= 4 is 11.8 Å². The SMILES string of the molecule is C=C/C=C(\SC)C1=CC(C)(C)CCCCC1. The Balaban J connectivity index is 2.96. The van der Waals surface area contributed by atoms with Gasteiger partial charge in [-0.1, -0.05) is 45.4 Å². The van der Waals surface area contributed by atoms with Gasteiger partial charge in [0.25, 0.3) is 0 Å². The fraction of sp³-hybridized carbons (Fsp3) is 0.600. The van der Waals surface area contributed by atoms with Crippen molar-refractivity contribution in [2.75, 3.05) is 6.26 Å². The normalized spacial score (nSPS) is 21.9. The van der Waals surface area contributed by atoms with E-state index in [2.05, 4.69) is 38.8 Å². The van der Waals surface area contributed by atoms with Crippen molar-refractivity contribution in [1.29, 1.82) is 0 Å².